The van der Waals surface area contributed by atoms with Crippen LogP contribution in [0.3, 0.4) is 0 Å². The Balaban J connectivity index is 1.39. The third kappa shape index (κ3) is 3.66. The van der Waals surface area contributed by atoms with Crippen molar-refractivity contribution in [1.82, 2.24) is 0 Å². The van der Waals surface area contributed by atoms with Gasteiger partial charge in [-0.2, -0.15) is 0 Å². The van der Waals surface area contributed by atoms with Gasteiger partial charge in [0.2, 0.25) is 5.91 Å². The number of benzene rings is 2. The van der Waals surface area contributed by atoms with Crippen molar-refractivity contribution in [3.05, 3.63) is 53.1 Å². The average molecular weight is 400 g/mol. The molecule has 7 nitrogen and oxygen atoms in total. The largest absolute Gasteiger partial charge is 0.452 e. The highest BCUT2D eigenvalue weighted by Crippen LogP contribution is 2.37. The lowest BCUT2D eigenvalue weighted by Crippen LogP contribution is -2.43. The molecule has 1 fully saturated rings. The number of esters is 1. The summed E-state index contributed by atoms with van der Waals surface area (Å²) in [7, 11) is 0. The van der Waals surface area contributed by atoms with Crippen molar-refractivity contribution < 1.29 is 19.1 Å². The molecule has 2 heterocycles. The Hall–Kier alpha value is -3.06. The fraction of sp³-hybridized carbons (Fsp3) is 0.250. The summed E-state index contributed by atoms with van der Waals surface area (Å²) in [5.74, 6) is -1.17. The van der Waals surface area contributed by atoms with Crippen molar-refractivity contribution in [2.45, 2.75) is 18.9 Å². The average Bonchev–Trinajstić information content (AvgIpc) is 3.16. The molecule has 0 saturated carbocycles. The second-order valence-corrected chi connectivity index (χ2v) is 7.14. The maximum atomic E-state index is 12.3. The molecular formula is C20H18ClN3O4. The summed E-state index contributed by atoms with van der Waals surface area (Å²) in [5, 5.41) is 5.95. The predicted molar refractivity (Wildman–Crippen MR) is 106 cm³/mol. The van der Waals surface area contributed by atoms with Gasteiger partial charge in [0.1, 0.15) is 6.04 Å². The quantitative estimate of drug-likeness (QED) is 0.771. The molecule has 2 aliphatic heterocycles. The van der Waals surface area contributed by atoms with E-state index in [0.717, 1.165) is 25.1 Å². The van der Waals surface area contributed by atoms with Gasteiger partial charge in [-0.15, -0.1) is 0 Å². The molecule has 8 heteroatoms. The third-order valence-electron chi connectivity index (χ3n) is 4.80. The Morgan fingerprint density at radius 1 is 1.25 bits per heavy atom. The number of halogens is 1. The van der Waals surface area contributed by atoms with Gasteiger partial charge in [-0.1, -0.05) is 17.7 Å². The van der Waals surface area contributed by atoms with Crippen LogP contribution < -0.4 is 15.5 Å². The minimum absolute atomic E-state index is 0.0589. The van der Waals surface area contributed by atoms with E-state index in [1.54, 1.807) is 42.5 Å². The van der Waals surface area contributed by atoms with Crippen LogP contribution in [-0.2, 0) is 14.3 Å². The molecule has 0 radical (unpaired) electrons. The van der Waals surface area contributed by atoms with E-state index < -0.39 is 18.5 Å². The number of nitrogens with zero attached hydrogens (tertiary/aromatic N) is 1. The lowest BCUT2D eigenvalue weighted by molar-refractivity contribution is -0.119. The zero-order valence-electron chi connectivity index (χ0n) is 14.9. The van der Waals surface area contributed by atoms with Gasteiger partial charge in [-0.3, -0.25) is 9.59 Å². The predicted octanol–water partition coefficient (Wildman–Crippen LogP) is 3.06. The van der Waals surface area contributed by atoms with Crippen molar-refractivity contribution in [2.75, 3.05) is 28.7 Å². The number of carbonyl (C=O) groups excluding carboxylic acids is 3. The lowest BCUT2D eigenvalue weighted by Gasteiger charge is -2.33. The minimum atomic E-state index is -0.637. The molecule has 2 aliphatic rings. The minimum Gasteiger partial charge on any atom is -0.452 e. The van der Waals surface area contributed by atoms with Gasteiger partial charge >= 0.3 is 5.97 Å². The van der Waals surface area contributed by atoms with Crippen LogP contribution in [0.5, 0.6) is 0 Å². The van der Waals surface area contributed by atoms with Crippen LogP contribution >= 0.6 is 11.6 Å². The van der Waals surface area contributed by atoms with E-state index in [2.05, 4.69) is 15.5 Å². The highest BCUT2D eigenvalue weighted by Gasteiger charge is 2.36. The summed E-state index contributed by atoms with van der Waals surface area (Å²) >= 11 is 5.87. The molecular weight excluding hydrogens is 382 g/mol. The number of anilines is 3. The summed E-state index contributed by atoms with van der Waals surface area (Å²) < 4.78 is 5.09. The first-order valence-corrected chi connectivity index (χ1v) is 9.33. The molecule has 1 saturated heterocycles. The van der Waals surface area contributed by atoms with Crippen LogP contribution in [0.2, 0.25) is 5.02 Å². The molecule has 0 aliphatic carbocycles. The standard InChI is InChI=1S/C20H18ClN3O4/c21-13-3-1-4-14(10-13)22-18(25)11-28-20(27)12-6-7-16-15(9-12)23-19(26)17-5-2-8-24(16)17/h1,3-4,6-7,9-10,17H,2,5,8,11H2,(H,22,25)(H,23,26)/t17-/m1/s1. The van der Waals surface area contributed by atoms with Gasteiger partial charge in [0.05, 0.1) is 16.9 Å². The second kappa shape index (κ2) is 7.52. The Morgan fingerprint density at radius 3 is 2.93 bits per heavy atom. The number of rotatable bonds is 4. The summed E-state index contributed by atoms with van der Waals surface area (Å²) in [6.07, 6.45) is 1.79. The summed E-state index contributed by atoms with van der Waals surface area (Å²) in [6, 6.07) is 11.6. The topological polar surface area (TPSA) is 87.7 Å². The SMILES string of the molecule is O=C(COC(=O)c1ccc2c(c1)NC(=O)[C@H]1CCCN21)Nc1cccc(Cl)c1. The van der Waals surface area contributed by atoms with Crippen LogP contribution in [0.1, 0.15) is 23.2 Å². The van der Waals surface area contributed by atoms with E-state index >= 15 is 0 Å². The number of nitrogens with one attached hydrogen (secondary N) is 2. The second-order valence-electron chi connectivity index (χ2n) is 6.71. The fourth-order valence-electron chi connectivity index (χ4n) is 3.53. The molecule has 144 valence electrons. The van der Waals surface area contributed by atoms with Gasteiger partial charge in [0.15, 0.2) is 6.61 Å². The van der Waals surface area contributed by atoms with E-state index in [4.69, 9.17) is 16.3 Å². The summed E-state index contributed by atoms with van der Waals surface area (Å²) in [5.41, 5.74) is 2.27. The van der Waals surface area contributed by atoms with E-state index in [9.17, 15) is 14.4 Å². The van der Waals surface area contributed by atoms with Crippen molar-refractivity contribution in [1.29, 1.82) is 0 Å². The normalized spacial score (nSPS) is 17.4. The van der Waals surface area contributed by atoms with Crippen molar-refractivity contribution >= 4 is 46.4 Å². The smallest absolute Gasteiger partial charge is 0.338 e. The molecule has 2 amide bonds. The summed E-state index contributed by atoms with van der Waals surface area (Å²) in [4.78, 5) is 38.5. The summed E-state index contributed by atoms with van der Waals surface area (Å²) in [6.45, 7) is 0.390. The molecule has 4 rings (SSSR count). The first kappa shape index (κ1) is 18.3. The first-order valence-electron chi connectivity index (χ1n) is 8.95. The fourth-order valence-corrected chi connectivity index (χ4v) is 3.73. The number of amides is 2. The molecule has 0 unspecified atom stereocenters. The monoisotopic (exact) mass is 399 g/mol. The van der Waals surface area contributed by atoms with E-state index in [1.807, 2.05) is 0 Å². The van der Waals surface area contributed by atoms with Gasteiger partial charge in [0.25, 0.3) is 5.91 Å². The van der Waals surface area contributed by atoms with Crippen LogP contribution in [0.15, 0.2) is 42.5 Å². The Kier molecular flexibility index (Phi) is 4.92. The molecule has 2 N–H and O–H groups in total. The van der Waals surface area contributed by atoms with Crippen molar-refractivity contribution in [2.24, 2.45) is 0 Å². The van der Waals surface area contributed by atoms with E-state index in [0.29, 0.717) is 16.4 Å². The number of carbonyl (C=O) groups is 3. The molecule has 2 aromatic carbocycles. The van der Waals surface area contributed by atoms with Crippen LogP contribution in [0, 0.1) is 0 Å². The van der Waals surface area contributed by atoms with Gasteiger partial charge < -0.3 is 20.3 Å². The van der Waals surface area contributed by atoms with Crippen molar-refractivity contribution in [3.8, 4) is 0 Å². The van der Waals surface area contributed by atoms with Crippen LogP contribution in [-0.4, -0.2) is 37.0 Å². The highest BCUT2D eigenvalue weighted by atomic mass is 35.5. The Bertz CT molecular complexity index is 962. The zero-order valence-corrected chi connectivity index (χ0v) is 15.7. The van der Waals surface area contributed by atoms with Crippen LogP contribution in [0.4, 0.5) is 17.1 Å². The van der Waals surface area contributed by atoms with E-state index in [1.165, 1.54) is 0 Å². The number of fused-ring (bicyclic) bond motifs is 3. The zero-order chi connectivity index (χ0) is 19.7. The molecule has 0 bridgehead atoms. The Labute approximate surface area is 166 Å². The number of hydrogen-bond acceptors (Lipinski definition) is 5. The molecule has 2 aromatic rings. The van der Waals surface area contributed by atoms with Gasteiger partial charge in [-0.25, -0.2) is 4.79 Å². The van der Waals surface area contributed by atoms with Gasteiger partial charge in [0, 0.05) is 17.3 Å². The molecule has 0 spiro atoms. The van der Waals surface area contributed by atoms with E-state index in [-0.39, 0.29) is 17.5 Å². The van der Waals surface area contributed by atoms with Gasteiger partial charge in [-0.05, 0) is 49.2 Å². The maximum absolute atomic E-state index is 12.3. The van der Waals surface area contributed by atoms with Crippen LogP contribution in [0.25, 0.3) is 0 Å². The number of hydrogen-bond donors (Lipinski definition) is 2. The molecule has 1 atom stereocenters. The lowest BCUT2D eigenvalue weighted by atomic mass is 10.1. The van der Waals surface area contributed by atoms with Crippen molar-refractivity contribution in [3.63, 3.8) is 0 Å². The molecule has 28 heavy (non-hydrogen) atoms. The third-order valence-corrected chi connectivity index (χ3v) is 5.03. The first-order chi connectivity index (χ1) is 13.5. The molecule has 0 aromatic heterocycles. The Morgan fingerprint density at radius 2 is 2.11 bits per heavy atom. The number of ether oxygens (including phenoxy) is 1. The maximum Gasteiger partial charge on any atom is 0.338 e. The highest BCUT2D eigenvalue weighted by molar-refractivity contribution is 6.30.